The number of aromatic nitrogens is 1. The van der Waals surface area contributed by atoms with Crippen LogP contribution in [0.1, 0.15) is 47.7 Å². The first-order chi connectivity index (χ1) is 17.8. The first-order valence-corrected chi connectivity index (χ1v) is 13.3. The molecule has 1 aromatic heterocycles. The van der Waals surface area contributed by atoms with E-state index in [4.69, 9.17) is 23.2 Å². The number of hydrogen-bond acceptors (Lipinski definition) is 2. The Kier molecular flexibility index (Phi) is 5.81. The molecule has 2 atom stereocenters. The predicted octanol–water partition coefficient (Wildman–Crippen LogP) is 6.27. The summed E-state index contributed by atoms with van der Waals surface area (Å²) in [5, 5.41) is 1.97. The molecule has 1 N–H and O–H groups in total. The fourth-order valence-corrected chi connectivity index (χ4v) is 6.27. The number of halogens is 2. The SMILES string of the molecule is CCc1ccc(C2CN3C(=O)CN(Cc4ccc(Cl)c(Cl)c4)C(=O)C3(C)c3[nH]c4ccccc4c32)cc1. The van der Waals surface area contributed by atoms with E-state index >= 15 is 0 Å². The van der Waals surface area contributed by atoms with Gasteiger partial charge >= 0.3 is 0 Å². The summed E-state index contributed by atoms with van der Waals surface area (Å²) in [5.74, 6) is -0.212. The molecule has 37 heavy (non-hydrogen) atoms. The Morgan fingerprint density at radius 3 is 2.43 bits per heavy atom. The molecule has 1 fully saturated rings. The van der Waals surface area contributed by atoms with Crippen molar-refractivity contribution in [1.82, 2.24) is 14.8 Å². The molecule has 188 valence electrons. The van der Waals surface area contributed by atoms with E-state index in [1.807, 2.05) is 31.2 Å². The molecule has 2 aliphatic rings. The zero-order valence-corrected chi connectivity index (χ0v) is 22.2. The van der Waals surface area contributed by atoms with Crippen LogP contribution in [0, 0.1) is 0 Å². The molecule has 0 bridgehead atoms. The Morgan fingerprint density at radius 2 is 1.70 bits per heavy atom. The minimum absolute atomic E-state index is 0.0196. The van der Waals surface area contributed by atoms with Gasteiger partial charge in [-0.1, -0.05) is 78.7 Å². The lowest BCUT2D eigenvalue weighted by Gasteiger charge is -2.51. The summed E-state index contributed by atoms with van der Waals surface area (Å²) in [6, 6.07) is 22.1. The van der Waals surface area contributed by atoms with Crippen LogP contribution in [0.2, 0.25) is 10.0 Å². The first-order valence-electron chi connectivity index (χ1n) is 12.5. The fraction of sp³-hybridized carbons (Fsp3) is 0.267. The van der Waals surface area contributed by atoms with Crippen molar-refractivity contribution in [3.05, 3.63) is 105 Å². The van der Waals surface area contributed by atoms with Crippen LogP contribution in [0.3, 0.4) is 0 Å². The topological polar surface area (TPSA) is 56.4 Å². The third-order valence-corrected chi connectivity index (χ3v) is 8.70. The number of nitrogens with one attached hydrogen (secondary N) is 1. The lowest BCUT2D eigenvalue weighted by atomic mass is 9.76. The summed E-state index contributed by atoms with van der Waals surface area (Å²) >= 11 is 12.3. The minimum atomic E-state index is -1.14. The van der Waals surface area contributed by atoms with E-state index in [1.54, 1.807) is 21.9 Å². The average Bonchev–Trinajstić information content (AvgIpc) is 3.30. The quantitative estimate of drug-likeness (QED) is 0.337. The number of piperazine rings is 1. The largest absolute Gasteiger partial charge is 0.356 e. The summed E-state index contributed by atoms with van der Waals surface area (Å²) in [5.41, 5.74) is 4.95. The van der Waals surface area contributed by atoms with Crippen molar-refractivity contribution in [1.29, 1.82) is 0 Å². The molecule has 6 rings (SSSR count). The van der Waals surface area contributed by atoms with Gasteiger partial charge in [-0.05, 0) is 53.8 Å². The van der Waals surface area contributed by atoms with Gasteiger partial charge in [0.15, 0.2) is 5.54 Å². The van der Waals surface area contributed by atoms with E-state index in [2.05, 4.69) is 42.2 Å². The molecular weight excluding hydrogens is 505 g/mol. The Labute approximate surface area is 226 Å². The number of fused-ring (bicyclic) bond motifs is 5. The number of H-pyrrole nitrogens is 1. The summed E-state index contributed by atoms with van der Waals surface area (Å²) < 4.78 is 0. The van der Waals surface area contributed by atoms with Crippen LogP contribution in [-0.4, -0.2) is 39.7 Å². The molecule has 2 aliphatic heterocycles. The van der Waals surface area contributed by atoms with Crippen LogP contribution in [0.4, 0.5) is 0 Å². The van der Waals surface area contributed by atoms with E-state index in [0.29, 0.717) is 16.6 Å². The maximum absolute atomic E-state index is 14.2. The number of para-hydroxylation sites is 1. The molecule has 5 nitrogen and oxygen atoms in total. The van der Waals surface area contributed by atoms with E-state index in [9.17, 15) is 9.59 Å². The van der Waals surface area contributed by atoms with Crippen LogP contribution in [0.25, 0.3) is 10.9 Å². The number of nitrogens with zero attached hydrogens (tertiary/aromatic N) is 2. The van der Waals surface area contributed by atoms with Crippen molar-refractivity contribution in [2.45, 2.75) is 38.3 Å². The number of aromatic amines is 1. The first kappa shape index (κ1) is 24.1. The fourth-order valence-electron chi connectivity index (χ4n) is 5.95. The number of rotatable bonds is 4. The Hall–Kier alpha value is -3.28. The molecule has 7 heteroatoms. The molecule has 3 aromatic carbocycles. The van der Waals surface area contributed by atoms with Crippen LogP contribution < -0.4 is 0 Å². The molecule has 3 heterocycles. The molecule has 1 saturated heterocycles. The molecule has 2 unspecified atom stereocenters. The van der Waals surface area contributed by atoms with Gasteiger partial charge in [0.05, 0.1) is 15.7 Å². The smallest absolute Gasteiger partial charge is 0.255 e. The number of aryl methyl sites for hydroxylation is 1. The van der Waals surface area contributed by atoms with Gasteiger partial charge in [0, 0.05) is 29.9 Å². The van der Waals surface area contributed by atoms with Crippen LogP contribution in [0.5, 0.6) is 0 Å². The number of amides is 2. The van der Waals surface area contributed by atoms with Crippen molar-refractivity contribution in [3.63, 3.8) is 0 Å². The molecule has 0 aliphatic carbocycles. The highest BCUT2D eigenvalue weighted by Gasteiger charge is 2.56. The molecule has 0 saturated carbocycles. The van der Waals surface area contributed by atoms with Crippen molar-refractivity contribution in [3.8, 4) is 0 Å². The summed E-state index contributed by atoms with van der Waals surface area (Å²) in [6.45, 7) is 4.76. The lowest BCUT2D eigenvalue weighted by Crippen LogP contribution is -2.67. The highest BCUT2D eigenvalue weighted by atomic mass is 35.5. The summed E-state index contributed by atoms with van der Waals surface area (Å²) in [4.78, 5) is 34.8. The van der Waals surface area contributed by atoms with Gasteiger partial charge in [-0.15, -0.1) is 0 Å². The summed E-state index contributed by atoms with van der Waals surface area (Å²) in [7, 11) is 0. The second-order valence-electron chi connectivity index (χ2n) is 10.1. The zero-order valence-electron chi connectivity index (χ0n) is 20.7. The van der Waals surface area contributed by atoms with Crippen LogP contribution >= 0.6 is 23.2 Å². The van der Waals surface area contributed by atoms with Crippen LogP contribution in [0.15, 0.2) is 66.7 Å². The summed E-state index contributed by atoms with van der Waals surface area (Å²) in [6.07, 6.45) is 0.967. The van der Waals surface area contributed by atoms with Crippen LogP contribution in [-0.2, 0) is 28.1 Å². The maximum atomic E-state index is 14.2. The van der Waals surface area contributed by atoms with E-state index in [-0.39, 0.29) is 30.8 Å². The number of benzene rings is 3. The van der Waals surface area contributed by atoms with Gasteiger partial charge in [-0.2, -0.15) is 0 Å². The van der Waals surface area contributed by atoms with E-state index in [0.717, 1.165) is 39.7 Å². The normalized spacial score (nSPS) is 21.4. The average molecular weight is 532 g/mol. The van der Waals surface area contributed by atoms with Gasteiger partial charge < -0.3 is 14.8 Å². The zero-order chi connectivity index (χ0) is 25.9. The maximum Gasteiger partial charge on any atom is 0.255 e. The third-order valence-electron chi connectivity index (χ3n) is 7.97. The van der Waals surface area contributed by atoms with E-state index < -0.39 is 5.54 Å². The highest BCUT2D eigenvalue weighted by molar-refractivity contribution is 6.42. The monoisotopic (exact) mass is 531 g/mol. The van der Waals surface area contributed by atoms with Crippen molar-refractivity contribution < 1.29 is 9.59 Å². The van der Waals surface area contributed by atoms with Crippen molar-refractivity contribution in [2.24, 2.45) is 0 Å². The van der Waals surface area contributed by atoms with Gasteiger partial charge in [-0.3, -0.25) is 9.59 Å². The van der Waals surface area contributed by atoms with Gasteiger partial charge in [0.2, 0.25) is 5.91 Å². The molecule has 2 amide bonds. The van der Waals surface area contributed by atoms with E-state index in [1.165, 1.54) is 5.56 Å². The number of carbonyl (C=O) groups is 2. The molecular formula is C30H27Cl2N3O2. The Morgan fingerprint density at radius 1 is 0.973 bits per heavy atom. The Bertz CT molecular complexity index is 1540. The Balaban J connectivity index is 1.47. The standard InChI is InChI=1S/C30H27Cl2N3O2/c1-3-18-8-11-20(12-9-18)22-16-35-26(36)17-34(15-19-10-13-23(31)24(32)14-19)29(37)30(35,2)28-27(22)21-6-4-5-7-25(21)33-28/h4-14,22,33H,3,15-17H2,1-2H3. The second-order valence-corrected chi connectivity index (χ2v) is 10.9. The number of carbonyl (C=O) groups excluding carboxylic acids is 2. The van der Waals surface area contributed by atoms with Crippen molar-refractivity contribution >= 4 is 45.9 Å². The highest BCUT2D eigenvalue weighted by Crippen LogP contribution is 2.48. The molecule has 0 radical (unpaired) electrons. The van der Waals surface area contributed by atoms with Gasteiger partial charge in [-0.25, -0.2) is 0 Å². The predicted molar refractivity (Wildman–Crippen MR) is 147 cm³/mol. The second kappa shape index (κ2) is 8.93. The number of hydrogen-bond donors (Lipinski definition) is 1. The van der Waals surface area contributed by atoms with Gasteiger partial charge in [0.1, 0.15) is 6.54 Å². The minimum Gasteiger partial charge on any atom is -0.356 e. The van der Waals surface area contributed by atoms with Crippen molar-refractivity contribution in [2.75, 3.05) is 13.1 Å². The molecule has 0 spiro atoms. The van der Waals surface area contributed by atoms with Gasteiger partial charge in [0.25, 0.3) is 5.91 Å². The lowest BCUT2D eigenvalue weighted by molar-refractivity contribution is -0.166. The molecule has 4 aromatic rings. The third kappa shape index (κ3) is 3.75.